The van der Waals surface area contributed by atoms with Crippen molar-refractivity contribution in [2.24, 2.45) is 11.3 Å². The summed E-state index contributed by atoms with van der Waals surface area (Å²) in [7, 11) is 0. The molecule has 0 unspecified atom stereocenters. The second-order valence-corrected chi connectivity index (χ2v) is 9.46. The molecule has 4 rings (SSSR count). The van der Waals surface area contributed by atoms with Crippen molar-refractivity contribution in [3.05, 3.63) is 28.8 Å². The van der Waals surface area contributed by atoms with Crippen LogP contribution in [-0.2, 0) is 4.79 Å². The van der Waals surface area contributed by atoms with E-state index in [1.54, 1.807) is 0 Å². The number of halogens is 1. The smallest absolute Gasteiger partial charge is 0.225 e. The number of amides is 1. The third kappa shape index (κ3) is 3.46. The molecule has 1 heterocycles. The van der Waals surface area contributed by atoms with Gasteiger partial charge in [-0.15, -0.1) is 0 Å². The zero-order chi connectivity index (χ0) is 18.5. The van der Waals surface area contributed by atoms with Gasteiger partial charge in [0.2, 0.25) is 5.91 Å². The molecule has 0 atom stereocenters. The molecule has 3 aliphatic rings. The minimum atomic E-state index is -0.627. The number of hydrogen-bond donors (Lipinski definition) is 1. The summed E-state index contributed by atoms with van der Waals surface area (Å²) in [6, 6.07) is 5.77. The maximum absolute atomic E-state index is 12.5. The highest BCUT2D eigenvalue weighted by Crippen LogP contribution is 2.47. The van der Waals surface area contributed by atoms with Crippen LogP contribution in [0.15, 0.2) is 18.2 Å². The van der Waals surface area contributed by atoms with Gasteiger partial charge in [0.05, 0.1) is 11.7 Å². The van der Waals surface area contributed by atoms with Gasteiger partial charge in [0.1, 0.15) is 5.75 Å². The molecule has 0 aromatic heterocycles. The third-order valence-electron chi connectivity index (χ3n) is 6.51. The fraction of sp³-hybridized carbons (Fsp3) is 0.667. The molecule has 4 nitrogen and oxygen atoms in total. The van der Waals surface area contributed by atoms with E-state index in [0.29, 0.717) is 18.3 Å². The highest BCUT2D eigenvalue weighted by molar-refractivity contribution is 6.30. The summed E-state index contributed by atoms with van der Waals surface area (Å²) in [5.41, 5.74) is 0.754. The number of hydrogen-bond acceptors (Lipinski definition) is 3. The van der Waals surface area contributed by atoms with Gasteiger partial charge in [-0.1, -0.05) is 11.6 Å². The molecule has 5 heteroatoms. The Labute approximate surface area is 160 Å². The summed E-state index contributed by atoms with van der Waals surface area (Å²) >= 11 is 6.01. The lowest BCUT2D eigenvalue weighted by Crippen LogP contribution is -2.63. The van der Waals surface area contributed by atoms with Crippen LogP contribution in [0.4, 0.5) is 0 Å². The molecule has 1 saturated heterocycles. The van der Waals surface area contributed by atoms with E-state index in [2.05, 4.69) is 0 Å². The first kappa shape index (κ1) is 18.1. The zero-order valence-electron chi connectivity index (χ0n) is 15.6. The van der Waals surface area contributed by atoms with Crippen LogP contribution in [0.3, 0.4) is 0 Å². The van der Waals surface area contributed by atoms with Gasteiger partial charge in [-0.05, 0) is 76.1 Å². The zero-order valence-corrected chi connectivity index (χ0v) is 16.4. The van der Waals surface area contributed by atoms with Gasteiger partial charge in [-0.25, -0.2) is 0 Å². The molecule has 1 aromatic rings. The Bertz CT molecular complexity index is 693. The molecule has 1 aliphatic heterocycles. The fourth-order valence-electron chi connectivity index (χ4n) is 4.92. The molecule has 1 amide bonds. The topological polar surface area (TPSA) is 49.8 Å². The van der Waals surface area contributed by atoms with Crippen LogP contribution >= 0.6 is 11.6 Å². The third-order valence-corrected chi connectivity index (χ3v) is 6.74. The molecule has 1 N–H and O–H groups in total. The molecule has 2 aliphatic carbocycles. The molecular weight excluding hydrogens is 350 g/mol. The summed E-state index contributed by atoms with van der Waals surface area (Å²) in [6.45, 7) is 5.62. The summed E-state index contributed by atoms with van der Waals surface area (Å²) in [4.78, 5) is 14.5. The van der Waals surface area contributed by atoms with Crippen molar-refractivity contribution in [2.45, 2.75) is 64.1 Å². The van der Waals surface area contributed by atoms with E-state index in [1.807, 2.05) is 36.9 Å². The van der Waals surface area contributed by atoms with Gasteiger partial charge in [0.15, 0.2) is 0 Å². The van der Waals surface area contributed by atoms with Crippen molar-refractivity contribution >= 4 is 17.5 Å². The largest absolute Gasteiger partial charge is 0.490 e. The number of benzene rings is 1. The van der Waals surface area contributed by atoms with Crippen molar-refractivity contribution in [2.75, 3.05) is 13.1 Å². The Kier molecular flexibility index (Phi) is 4.47. The summed E-state index contributed by atoms with van der Waals surface area (Å²) in [5.74, 6) is 1.21. The standard InChI is InChI=1S/C21H28ClNO3/c1-14-9-16(22)3-4-18(14)26-17-5-7-21(8-6-17)12-23(13-21)19(24)15-10-20(2,25)11-15/h3-4,9,15,17,25H,5-8,10-13H2,1-2H3. The quantitative estimate of drug-likeness (QED) is 0.867. The minimum absolute atomic E-state index is 0.0369. The summed E-state index contributed by atoms with van der Waals surface area (Å²) < 4.78 is 6.20. The molecule has 2 saturated carbocycles. The molecule has 3 fully saturated rings. The van der Waals surface area contributed by atoms with Crippen LogP contribution in [0, 0.1) is 18.3 Å². The van der Waals surface area contributed by atoms with E-state index in [-0.39, 0.29) is 17.9 Å². The van der Waals surface area contributed by atoms with E-state index in [4.69, 9.17) is 16.3 Å². The molecule has 1 spiro atoms. The average molecular weight is 378 g/mol. The van der Waals surface area contributed by atoms with Gasteiger partial charge < -0.3 is 14.7 Å². The normalized spacial score (nSPS) is 30.6. The van der Waals surface area contributed by atoms with Gasteiger partial charge >= 0.3 is 0 Å². The number of carbonyl (C=O) groups is 1. The van der Waals surface area contributed by atoms with E-state index in [1.165, 1.54) is 0 Å². The first-order chi connectivity index (χ1) is 12.3. The molecule has 142 valence electrons. The highest BCUT2D eigenvalue weighted by Gasteiger charge is 2.51. The second-order valence-electron chi connectivity index (χ2n) is 9.02. The maximum Gasteiger partial charge on any atom is 0.225 e. The van der Waals surface area contributed by atoms with E-state index in [9.17, 15) is 9.90 Å². The number of ether oxygens (including phenoxy) is 1. The number of likely N-dealkylation sites (tertiary alicyclic amines) is 1. The number of aliphatic hydroxyl groups is 1. The summed E-state index contributed by atoms with van der Waals surface area (Å²) in [6.07, 6.45) is 5.82. The van der Waals surface area contributed by atoms with Gasteiger partial charge in [0.25, 0.3) is 0 Å². The van der Waals surface area contributed by atoms with Crippen LogP contribution < -0.4 is 4.74 Å². The Hall–Kier alpha value is -1.26. The average Bonchev–Trinajstić information content (AvgIpc) is 2.53. The summed E-state index contributed by atoms with van der Waals surface area (Å²) in [5, 5.41) is 10.6. The molecule has 26 heavy (non-hydrogen) atoms. The van der Waals surface area contributed by atoms with Crippen molar-refractivity contribution < 1.29 is 14.6 Å². The van der Waals surface area contributed by atoms with Crippen molar-refractivity contribution in [3.63, 3.8) is 0 Å². The van der Waals surface area contributed by atoms with Gasteiger partial charge in [-0.2, -0.15) is 0 Å². The monoisotopic (exact) mass is 377 g/mol. The number of carbonyl (C=O) groups excluding carboxylic acids is 1. The Morgan fingerprint density at radius 3 is 2.50 bits per heavy atom. The fourth-order valence-corrected chi connectivity index (χ4v) is 5.14. The van der Waals surface area contributed by atoms with Crippen molar-refractivity contribution in [1.29, 1.82) is 0 Å². The second kappa shape index (κ2) is 6.42. The van der Waals surface area contributed by atoms with Crippen LogP contribution in [0.2, 0.25) is 5.02 Å². The molecular formula is C21H28ClNO3. The Morgan fingerprint density at radius 2 is 1.92 bits per heavy atom. The Balaban J connectivity index is 1.25. The minimum Gasteiger partial charge on any atom is -0.490 e. The number of nitrogens with zero attached hydrogens (tertiary/aromatic N) is 1. The molecule has 1 aromatic carbocycles. The van der Waals surface area contributed by atoms with Crippen molar-refractivity contribution in [1.82, 2.24) is 4.90 Å². The maximum atomic E-state index is 12.5. The lowest BCUT2D eigenvalue weighted by Gasteiger charge is -2.55. The molecule has 0 bridgehead atoms. The predicted octanol–water partition coefficient (Wildman–Crippen LogP) is 3.96. The highest BCUT2D eigenvalue weighted by atomic mass is 35.5. The van der Waals surface area contributed by atoms with E-state index >= 15 is 0 Å². The van der Waals surface area contributed by atoms with E-state index in [0.717, 1.165) is 55.1 Å². The predicted molar refractivity (Wildman–Crippen MR) is 101 cm³/mol. The van der Waals surface area contributed by atoms with Crippen molar-refractivity contribution in [3.8, 4) is 5.75 Å². The van der Waals surface area contributed by atoms with Crippen LogP contribution in [0.1, 0.15) is 51.0 Å². The van der Waals surface area contributed by atoms with Crippen LogP contribution in [0.5, 0.6) is 5.75 Å². The first-order valence-corrected chi connectivity index (χ1v) is 10.1. The number of aryl methyl sites for hydroxylation is 1. The molecule has 0 radical (unpaired) electrons. The SMILES string of the molecule is Cc1cc(Cl)ccc1OC1CCC2(CC1)CN(C(=O)C1CC(C)(O)C1)C2. The Morgan fingerprint density at radius 1 is 1.27 bits per heavy atom. The van der Waals surface area contributed by atoms with Gasteiger partial charge in [0, 0.05) is 29.4 Å². The van der Waals surface area contributed by atoms with E-state index < -0.39 is 5.60 Å². The van der Waals surface area contributed by atoms with Crippen LogP contribution in [-0.4, -0.2) is 40.7 Å². The number of rotatable bonds is 3. The lowest BCUT2D eigenvalue weighted by atomic mass is 9.66. The van der Waals surface area contributed by atoms with Gasteiger partial charge in [-0.3, -0.25) is 4.79 Å². The lowest BCUT2D eigenvalue weighted by molar-refractivity contribution is -0.164. The first-order valence-electron chi connectivity index (χ1n) is 9.69. The van der Waals surface area contributed by atoms with Crippen LogP contribution in [0.25, 0.3) is 0 Å².